The molecule has 1 aliphatic heterocycles. The monoisotopic (exact) mass is 572 g/mol. The number of aliphatic hydroxyl groups excluding tert-OH is 1. The standard InChI is InChI=1S/C28H21BrN4O3S/c1-14-6-11-19-20(13-14)37-28(30-19)33-23(17-7-9-18(29)10-8-17)21(25(35)27(33)36)24(34)22-16(3)32-12-4-5-15(2)26(32)31-22/h4-13,23,34H,1-3H3. The first-order valence-corrected chi connectivity index (χ1v) is 13.2. The maximum absolute atomic E-state index is 13.5. The van der Waals surface area contributed by atoms with Crippen LogP contribution in [0.3, 0.4) is 0 Å². The number of amides is 1. The highest BCUT2D eigenvalue weighted by Gasteiger charge is 2.48. The summed E-state index contributed by atoms with van der Waals surface area (Å²) in [6, 6.07) is 16.2. The van der Waals surface area contributed by atoms with E-state index in [0.29, 0.717) is 22.0 Å². The molecule has 0 aliphatic carbocycles. The molecular formula is C28H21BrN4O3S. The number of aliphatic hydroxyl groups is 1. The summed E-state index contributed by atoms with van der Waals surface area (Å²) in [6.07, 6.45) is 1.86. The Labute approximate surface area is 224 Å². The Balaban J connectivity index is 1.60. The quantitative estimate of drug-likeness (QED) is 0.157. The Kier molecular flexibility index (Phi) is 5.50. The lowest BCUT2D eigenvalue weighted by atomic mass is 9.96. The normalized spacial score (nSPS) is 17.4. The minimum Gasteiger partial charge on any atom is -0.505 e. The Hall–Kier alpha value is -3.82. The molecule has 5 aromatic rings. The highest BCUT2D eigenvalue weighted by Crippen LogP contribution is 2.44. The van der Waals surface area contributed by atoms with E-state index in [1.807, 2.05) is 86.0 Å². The molecule has 0 bridgehead atoms. The summed E-state index contributed by atoms with van der Waals surface area (Å²) in [5.74, 6) is -1.80. The van der Waals surface area contributed by atoms with Crippen LogP contribution in [0.5, 0.6) is 0 Å². The summed E-state index contributed by atoms with van der Waals surface area (Å²) in [6.45, 7) is 5.75. The molecule has 3 aromatic heterocycles. The second-order valence-corrected chi connectivity index (χ2v) is 11.0. The predicted octanol–water partition coefficient (Wildman–Crippen LogP) is 6.26. The Morgan fingerprint density at radius 1 is 1.03 bits per heavy atom. The number of carbonyl (C=O) groups excluding carboxylic acids is 2. The molecule has 0 spiro atoms. The van der Waals surface area contributed by atoms with Gasteiger partial charge in [0.05, 0.1) is 27.5 Å². The third-order valence-corrected chi connectivity index (χ3v) is 8.22. The fourth-order valence-electron chi connectivity index (χ4n) is 4.79. The third-order valence-electron chi connectivity index (χ3n) is 6.68. The maximum atomic E-state index is 13.5. The molecule has 1 fully saturated rings. The molecule has 1 N–H and O–H groups in total. The first kappa shape index (κ1) is 23.6. The van der Waals surface area contributed by atoms with Crippen LogP contribution in [0.25, 0.3) is 21.6 Å². The van der Waals surface area contributed by atoms with E-state index in [4.69, 9.17) is 0 Å². The van der Waals surface area contributed by atoms with Gasteiger partial charge in [-0.2, -0.15) is 0 Å². The van der Waals surface area contributed by atoms with Gasteiger partial charge < -0.3 is 9.51 Å². The largest absolute Gasteiger partial charge is 0.505 e. The van der Waals surface area contributed by atoms with Crippen LogP contribution in [0.15, 0.2) is 70.8 Å². The van der Waals surface area contributed by atoms with Crippen molar-refractivity contribution < 1.29 is 14.7 Å². The van der Waals surface area contributed by atoms with Crippen molar-refractivity contribution in [3.63, 3.8) is 0 Å². The number of anilines is 1. The van der Waals surface area contributed by atoms with Crippen molar-refractivity contribution in [2.75, 3.05) is 4.90 Å². The van der Waals surface area contributed by atoms with Gasteiger partial charge in [0, 0.05) is 10.7 Å². The zero-order chi connectivity index (χ0) is 26.0. The molecule has 1 aliphatic rings. The fourth-order valence-corrected chi connectivity index (χ4v) is 6.14. The molecule has 1 atom stereocenters. The number of thiazole rings is 1. The van der Waals surface area contributed by atoms with Gasteiger partial charge in [0.1, 0.15) is 11.3 Å². The number of aromatic nitrogens is 3. The van der Waals surface area contributed by atoms with Gasteiger partial charge in [0.15, 0.2) is 10.9 Å². The number of rotatable bonds is 3. The minimum atomic E-state index is -0.861. The average Bonchev–Trinajstić information content (AvgIpc) is 3.52. The van der Waals surface area contributed by atoms with Crippen molar-refractivity contribution in [2.24, 2.45) is 0 Å². The second kappa shape index (κ2) is 8.64. The van der Waals surface area contributed by atoms with E-state index in [0.717, 1.165) is 25.8 Å². The van der Waals surface area contributed by atoms with Crippen molar-refractivity contribution in [1.29, 1.82) is 0 Å². The lowest BCUT2D eigenvalue weighted by molar-refractivity contribution is -0.132. The van der Waals surface area contributed by atoms with E-state index in [9.17, 15) is 14.7 Å². The number of Topliss-reactive ketones (excluding diaryl/α,β-unsaturated/α-hetero) is 1. The van der Waals surface area contributed by atoms with Crippen molar-refractivity contribution in [3.8, 4) is 0 Å². The average molecular weight is 573 g/mol. The topological polar surface area (TPSA) is 87.8 Å². The summed E-state index contributed by atoms with van der Waals surface area (Å²) in [4.78, 5) is 37.8. The number of ketones is 1. The van der Waals surface area contributed by atoms with E-state index in [1.54, 1.807) is 0 Å². The van der Waals surface area contributed by atoms with Crippen LogP contribution in [-0.2, 0) is 9.59 Å². The predicted molar refractivity (Wildman–Crippen MR) is 148 cm³/mol. The van der Waals surface area contributed by atoms with Crippen LogP contribution in [0.2, 0.25) is 0 Å². The van der Waals surface area contributed by atoms with Crippen LogP contribution < -0.4 is 4.90 Å². The molecule has 2 aromatic carbocycles. The Morgan fingerprint density at radius 3 is 2.51 bits per heavy atom. The van der Waals surface area contributed by atoms with Crippen LogP contribution >= 0.6 is 27.3 Å². The molecule has 7 nitrogen and oxygen atoms in total. The fraction of sp³-hybridized carbons (Fsp3) is 0.143. The summed E-state index contributed by atoms with van der Waals surface area (Å²) < 4.78 is 3.64. The molecule has 1 amide bonds. The van der Waals surface area contributed by atoms with Gasteiger partial charge >= 0.3 is 5.91 Å². The molecule has 6 rings (SSSR count). The number of benzene rings is 2. The first-order valence-electron chi connectivity index (χ1n) is 11.6. The zero-order valence-electron chi connectivity index (χ0n) is 20.2. The van der Waals surface area contributed by atoms with Crippen LogP contribution in [-0.4, -0.2) is 31.2 Å². The number of hydrogen-bond donors (Lipinski definition) is 1. The van der Waals surface area contributed by atoms with E-state index in [2.05, 4.69) is 25.9 Å². The highest BCUT2D eigenvalue weighted by molar-refractivity contribution is 9.10. The Morgan fingerprint density at radius 2 is 1.78 bits per heavy atom. The summed E-state index contributed by atoms with van der Waals surface area (Å²) >= 11 is 4.80. The second-order valence-electron chi connectivity index (χ2n) is 9.12. The summed E-state index contributed by atoms with van der Waals surface area (Å²) in [5.41, 5.74) is 5.04. The van der Waals surface area contributed by atoms with Gasteiger partial charge in [-0.1, -0.05) is 51.5 Å². The van der Waals surface area contributed by atoms with Crippen molar-refractivity contribution in [2.45, 2.75) is 26.8 Å². The lowest BCUT2D eigenvalue weighted by Crippen LogP contribution is -2.29. The zero-order valence-corrected chi connectivity index (χ0v) is 22.6. The number of halogens is 1. The number of pyridine rings is 1. The number of aryl methyl sites for hydroxylation is 3. The highest BCUT2D eigenvalue weighted by atomic mass is 79.9. The third kappa shape index (κ3) is 3.69. The van der Waals surface area contributed by atoms with E-state index in [1.165, 1.54) is 16.2 Å². The van der Waals surface area contributed by atoms with E-state index >= 15 is 0 Å². The first-order chi connectivity index (χ1) is 17.7. The minimum absolute atomic E-state index is 0.00748. The number of carbonyl (C=O) groups is 2. The van der Waals surface area contributed by atoms with Crippen LogP contribution in [0.4, 0.5) is 5.13 Å². The maximum Gasteiger partial charge on any atom is 0.301 e. The number of imidazole rings is 1. The van der Waals surface area contributed by atoms with Crippen molar-refractivity contribution in [3.05, 3.63) is 98.9 Å². The number of nitrogens with zero attached hydrogens (tertiary/aromatic N) is 4. The van der Waals surface area contributed by atoms with Gasteiger partial charge in [-0.05, 0) is 67.8 Å². The summed E-state index contributed by atoms with van der Waals surface area (Å²) in [5, 5.41) is 12.0. The van der Waals surface area contributed by atoms with Gasteiger partial charge in [0.25, 0.3) is 5.78 Å². The van der Waals surface area contributed by atoms with Crippen molar-refractivity contribution >= 4 is 65.7 Å². The van der Waals surface area contributed by atoms with E-state index < -0.39 is 17.7 Å². The van der Waals surface area contributed by atoms with Crippen LogP contribution in [0, 0.1) is 20.8 Å². The van der Waals surface area contributed by atoms with Gasteiger partial charge in [0.2, 0.25) is 0 Å². The molecule has 9 heteroatoms. The number of fused-ring (bicyclic) bond motifs is 2. The molecule has 0 radical (unpaired) electrons. The molecule has 1 unspecified atom stereocenters. The van der Waals surface area contributed by atoms with E-state index in [-0.39, 0.29) is 17.0 Å². The smallest absolute Gasteiger partial charge is 0.301 e. The van der Waals surface area contributed by atoms with Gasteiger partial charge in [-0.15, -0.1) is 0 Å². The SMILES string of the molecule is Cc1ccc2nc(N3C(=O)C(=O)C(=C(O)c4nc5c(C)cccn5c4C)C3c3ccc(Br)cc3)sc2c1. The van der Waals surface area contributed by atoms with Gasteiger partial charge in [-0.3, -0.25) is 14.5 Å². The molecule has 37 heavy (non-hydrogen) atoms. The molecule has 4 heterocycles. The molecule has 184 valence electrons. The van der Waals surface area contributed by atoms with Gasteiger partial charge in [-0.25, -0.2) is 9.97 Å². The molecule has 1 saturated heterocycles. The summed E-state index contributed by atoms with van der Waals surface area (Å²) in [7, 11) is 0. The lowest BCUT2D eigenvalue weighted by Gasteiger charge is -2.22. The molecular weight excluding hydrogens is 552 g/mol. The molecule has 0 saturated carbocycles. The number of hydrogen-bond acceptors (Lipinski definition) is 6. The van der Waals surface area contributed by atoms with Crippen LogP contribution in [0.1, 0.15) is 34.1 Å². The van der Waals surface area contributed by atoms with Crippen molar-refractivity contribution in [1.82, 2.24) is 14.4 Å². The Bertz CT molecular complexity index is 1780.